The topological polar surface area (TPSA) is 80.5 Å². The number of sulfone groups is 1. The summed E-state index contributed by atoms with van der Waals surface area (Å²) in [4.78, 5) is 15.3. The highest BCUT2D eigenvalue weighted by Crippen LogP contribution is 2.40. The Bertz CT molecular complexity index is 1290. The Hall–Kier alpha value is -2.39. The van der Waals surface area contributed by atoms with E-state index in [-0.39, 0.29) is 53.0 Å². The third kappa shape index (κ3) is 5.43. The molecule has 1 amide bonds. The first-order valence-electron chi connectivity index (χ1n) is 13.2. The number of nitrogens with two attached hydrogens (primary N) is 1. The number of aryl methyl sites for hydroxylation is 2. The van der Waals surface area contributed by atoms with E-state index in [2.05, 4.69) is 0 Å². The first-order chi connectivity index (χ1) is 17.6. The number of halogens is 3. The summed E-state index contributed by atoms with van der Waals surface area (Å²) >= 11 is 0. The van der Waals surface area contributed by atoms with Crippen molar-refractivity contribution in [2.45, 2.75) is 87.2 Å². The zero-order valence-corrected chi connectivity index (χ0v) is 21.6. The Morgan fingerprint density at radius 3 is 2.30 bits per heavy atom. The zero-order valence-electron chi connectivity index (χ0n) is 20.8. The van der Waals surface area contributed by atoms with Gasteiger partial charge in [-0.1, -0.05) is 6.07 Å². The minimum absolute atomic E-state index is 0.00768. The molecule has 0 aromatic heterocycles. The van der Waals surface area contributed by atoms with Gasteiger partial charge in [-0.05, 0) is 98.6 Å². The van der Waals surface area contributed by atoms with Crippen molar-refractivity contribution >= 4 is 15.7 Å². The smallest absolute Gasteiger partial charge is 0.224 e. The van der Waals surface area contributed by atoms with Crippen molar-refractivity contribution in [2.24, 2.45) is 11.7 Å². The van der Waals surface area contributed by atoms with Gasteiger partial charge in [0.1, 0.15) is 5.82 Å². The predicted octanol–water partition coefficient (Wildman–Crippen LogP) is 4.49. The fourth-order valence-corrected chi connectivity index (χ4v) is 7.76. The summed E-state index contributed by atoms with van der Waals surface area (Å²) in [5.41, 5.74) is 8.73. The summed E-state index contributed by atoms with van der Waals surface area (Å²) in [6, 6.07) is 6.22. The quantitative estimate of drug-likeness (QED) is 0.531. The first-order valence-corrected chi connectivity index (χ1v) is 14.8. The van der Waals surface area contributed by atoms with Gasteiger partial charge < -0.3 is 10.6 Å². The van der Waals surface area contributed by atoms with Crippen molar-refractivity contribution in [3.63, 3.8) is 0 Å². The molecular weight excluding hydrogens is 501 g/mol. The van der Waals surface area contributed by atoms with Crippen LogP contribution in [0.3, 0.4) is 0 Å². The SMILES string of the molecule is NC(Cc1cc(F)c(F)cc1F)C1CC2CCC(C1)N2C(=O)CCS(=O)(=O)c1ccc2c(c1)CCCC2. The van der Waals surface area contributed by atoms with Crippen LogP contribution in [-0.4, -0.2) is 43.1 Å². The monoisotopic (exact) mass is 534 g/mol. The molecule has 3 unspecified atom stereocenters. The van der Waals surface area contributed by atoms with Crippen LogP contribution in [0.4, 0.5) is 13.2 Å². The van der Waals surface area contributed by atoms with Crippen molar-refractivity contribution in [3.05, 3.63) is 64.5 Å². The molecule has 5 nitrogen and oxygen atoms in total. The standard InChI is InChI=1S/C28H33F3N2O3S/c29-24-16-26(31)25(30)14-19(24)15-27(32)20-11-21-6-7-22(12-20)33(21)28(34)9-10-37(35,36)23-8-5-17-3-1-2-4-18(17)13-23/h5,8,13-14,16,20-22,27H,1-4,6-7,9-12,15,32H2. The van der Waals surface area contributed by atoms with Crippen LogP contribution in [0.25, 0.3) is 0 Å². The molecule has 3 atom stereocenters. The molecule has 2 saturated heterocycles. The summed E-state index contributed by atoms with van der Waals surface area (Å²) < 4.78 is 67.0. The Morgan fingerprint density at radius 1 is 0.946 bits per heavy atom. The molecule has 2 heterocycles. The van der Waals surface area contributed by atoms with Gasteiger partial charge in [0.05, 0.1) is 10.6 Å². The summed E-state index contributed by atoms with van der Waals surface area (Å²) in [7, 11) is -3.57. The molecule has 0 saturated carbocycles. The highest BCUT2D eigenvalue weighted by atomic mass is 32.2. The molecule has 200 valence electrons. The molecule has 3 aliphatic rings. The van der Waals surface area contributed by atoms with Gasteiger partial charge in [-0.15, -0.1) is 0 Å². The molecule has 9 heteroatoms. The maximum atomic E-state index is 14.1. The van der Waals surface area contributed by atoms with Crippen LogP contribution in [0.2, 0.25) is 0 Å². The summed E-state index contributed by atoms with van der Waals surface area (Å²) in [5, 5.41) is 0. The third-order valence-corrected chi connectivity index (χ3v) is 10.2. The number of fused-ring (bicyclic) bond motifs is 3. The average Bonchev–Trinajstić information content (AvgIpc) is 3.14. The molecule has 2 fully saturated rings. The average molecular weight is 535 g/mol. The molecule has 2 aromatic carbocycles. The van der Waals surface area contributed by atoms with Crippen molar-refractivity contribution in [1.82, 2.24) is 4.90 Å². The molecule has 1 aliphatic carbocycles. The lowest BCUT2D eigenvalue weighted by atomic mass is 9.82. The minimum atomic E-state index is -3.57. The van der Waals surface area contributed by atoms with Crippen LogP contribution in [0.15, 0.2) is 35.2 Å². The number of carbonyl (C=O) groups excluding carboxylic acids is 1. The van der Waals surface area contributed by atoms with Crippen molar-refractivity contribution < 1.29 is 26.4 Å². The van der Waals surface area contributed by atoms with Crippen LogP contribution in [0.5, 0.6) is 0 Å². The van der Waals surface area contributed by atoms with Gasteiger partial charge >= 0.3 is 0 Å². The second-order valence-corrected chi connectivity index (χ2v) is 13.0. The number of amides is 1. The normalized spacial score (nSPS) is 24.1. The van der Waals surface area contributed by atoms with Gasteiger partial charge in [0.25, 0.3) is 0 Å². The van der Waals surface area contributed by atoms with Crippen LogP contribution < -0.4 is 5.73 Å². The van der Waals surface area contributed by atoms with Gasteiger partial charge in [0.15, 0.2) is 21.5 Å². The minimum Gasteiger partial charge on any atom is -0.337 e. The van der Waals surface area contributed by atoms with Crippen molar-refractivity contribution in [3.8, 4) is 0 Å². The zero-order chi connectivity index (χ0) is 26.3. The highest BCUT2D eigenvalue weighted by Gasteiger charge is 2.44. The van der Waals surface area contributed by atoms with E-state index in [1.165, 1.54) is 5.56 Å². The van der Waals surface area contributed by atoms with Gasteiger partial charge in [0, 0.05) is 30.6 Å². The highest BCUT2D eigenvalue weighted by molar-refractivity contribution is 7.91. The van der Waals surface area contributed by atoms with Crippen LogP contribution >= 0.6 is 0 Å². The summed E-state index contributed by atoms with van der Waals surface area (Å²) in [6.45, 7) is 0. The molecule has 5 rings (SSSR count). The number of benzene rings is 2. The van der Waals surface area contributed by atoms with Gasteiger partial charge in [-0.25, -0.2) is 21.6 Å². The molecule has 2 bridgehead atoms. The van der Waals surface area contributed by atoms with Gasteiger partial charge in [-0.2, -0.15) is 0 Å². The molecule has 2 aliphatic heterocycles. The van der Waals surface area contributed by atoms with E-state index in [9.17, 15) is 26.4 Å². The van der Waals surface area contributed by atoms with Gasteiger partial charge in [-0.3, -0.25) is 4.79 Å². The number of rotatable bonds is 7. The van der Waals surface area contributed by atoms with E-state index in [1.807, 2.05) is 11.0 Å². The van der Waals surface area contributed by atoms with E-state index in [4.69, 9.17) is 5.73 Å². The Kier molecular flexibility index (Phi) is 7.38. The number of carbonyl (C=O) groups is 1. The lowest BCUT2D eigenvalue weighted by Gasteiger charge is -2.41. The van der Waals surface area contributed by atoms with E-state index in [0.29, 0.717) is 18.9 Å². The number of nitrogens with zero attached hydrogens (tertiary/aromatic N) is 1. The number of hydrogen-bond donors (Lipinski definition) is 1. The Labute approximate surface area is 216 Å². The fraction of sp³-hybridized carbons (Fsp3) is 0.536. The third-order valence-electron chi connectivity index (χ3n) is 8.47. The van der Waals surface area contributed by atoms with Gasteiger partial charge in [0.2, 0.25) is 5.91 Å². The molecule has 0 radical (unpaired) electrons. The maximum absolute atomic E-state index is 14.1. The lowest BCUT2D eigenvalue weighted by molar-refractivity contribution is -0.136. The maximum Gasteiger partial charge on any atom is 0.224 e. The molecule has 37 heavy (non-hydrogen) atoms. The second-order valence-electron chi connectivity index (χ2n) is 10.8. The Balaban J connectivity index is 1.19. The Morgan fingerprint density at radius 2 is 1.59 bits per heavy atom. The molecule has 2 N–H and O–H groups in total. The summed E-state index contributed by atoms with van der Waals surface area (Å²) in [5.74, 6) is -3.52. The molecule has 0 spiro atoms. The van der Waals surface area contributed by atoms with Crippen molar-refractivity contribution in [1.29, 1.82) is 0 Å². The lowest BCUT2D eigenvalue weighted by Crippen LogP contribution is -2.50. The van der Waals surface area contributed by atoms with E-state index >= 15 is 0 Å². The molecule has 2 aromatic rings. The van der Waals surface area contributed by atoms with Crippen LogP contribution in [0.1, 0.15) is 61.6 Å². The van der Waals surface area contributed by atoms with Crippen molar-refractivity contribution in [2.75, 3.05) is 5.75 Å². The largest absolute Gasteiger partial charge is 0.337 e. The summed E-state index contributed by atoms with van der Waals surface area (Å²) in [6.07, 6.45) is 6.97. The van der Waals surface area contributed by atoms with E-state index < -0.39 is 33.3 Å². The predicted molar refractivity (Wildman–Crippen MR) is 134 cm³/mol. The number of piperidine rings is 1. The van der Waals surface area contributed by atoms with Crippen LogP contribution in [-0.2, 0) is 33.9 Å². The van der Waals surface area contributed by atoms with E-state index in [1.54, 1.807) is 12.1 Å². The van der Waals surface area contributed by atoms with Crippen LogP contribution in [0, 0.1) is 23.4 Å². The number of hydrogen-bond acceptors (Lipinski definition) is 4. The second kappa shape index (κ2) is 10.4. The first kappa shape index (κ1) is 26.2. The fourth-order valence-electron chi connectivity index (χ4n) is 6.49. The van der Waals surface area contributed by atoms with E-state index in [0.717, 1.165) is 50.2 Å². The molecular formula is C28H33F3N2O3S.